The Morgan fingerprint density at radius 3 is 2.83 bits per heavy atom. The molecule has 0 saturated heterocycles. The van der Waals surface area contributed by atoms with Crippen molar-refractivity contribution in [3.63, 3.8) is 0 Å². The highest BCUT2D eigenvalue weighted by Gasteiger charge is 2.08. The molecule has 0 aliphatic carbocycles. The van der Waals surface area contributed by atoms with Crippen LogP contribution in [0.1, 0.15) is 35.4 Å². The van der Waals surface area contributed by atoms with Gasteiger partial charge in [-0.25, -0.2) is 0 Å². The SMILES string of the molecule is COCCCNC(=O)CCCC(=O)c1cccs1. The van der Waals surface area contributed by atoms with Crippen molar-refractivity contribution in [2.45, 2.75) is 25.7 Å². The molecule has 0 aromatic carbocycles. The van der Waals surface area contributed by atoms with Gasteiger partial charge in [0.1, 0.15) is 0 Å². The number of carbonyl (C=O) groups excluding carboxylic acids is 2. The van der Waals surface area contributed by atoms with Gasteiger partial charge in [-0.15, -0.1) is 11.3 Å². The molecule has 1 rings (SSSR count). The summed E-state index contributed by atoms with van der Waals surface area (Å²) in [6.45, 7) is 1.28. The minimum absolute atomic E-state index is 0.00471. The summed E-state index contributed by atoms with van der Waals surface area (Å²) in [7, 11) is 1.64. The van der Waals surface area contributed by atoms with Gasteiger partial charge in [-0.1, -0.05) is 6.07 Å². The maximum Gasteiger partial charge on any atom is 0.220 e. The predicted molar refractivity (Wildman–Crippen MR) is 72.0 cm³/mol. The van der Waals surface area contributed by atoms with Gasteiger partial charge < -0.3 is 10.1 Å². The van der Waals surface area contributed by atoms with Crippen LogP contribution in [0.25, 0.3) is 0 Å². The number of amides is 1. The zero-order chi connectivity index (χ0) is 13.2. The third kappa shape index (κ3) is 5.93. The second-order valence-electron chi connectivity index (χ2n) is 3.95. The molecule has 1 heterocycles. The number of hydrogen-bond donors (Lipinski definition) is 1. The predicted octanol–water partition coefficient (Wildman–Crippen LogP) is 2.25. The lowest BCUT2D eigenvalue weighted by Gasteiger charge is -2.04. The third-order valence-corrected chi connectivity index (χ3v) is 3.36. The van der Waals surface area contributed by atoms with Crippen molar-refractivity contribution in [2.75, 3.05) is 20.3 Å². The minimum Gasteiger partial charge on any atom is -0.385 e. The van der Waals surface area contributed by atoms with Crippen molar-refractivity contribution in [3.05, 3.63) is 22.4 Å². The maximum absolute atomic E-state index is 11.6. The molecule has 1 N–H and O–H groups in total. The van der Waals surface area contributed by atoms with E-state index in [0.717, 1.165) is 11.3 Å². The van der Waals surface area contributed by atoms with E-state index >= 15 is 0 Å². The number of carbonyl (C=O) groups is 2. The van der Waals surface area contributed by atoms with E-state index in [1.165, 1.54) is 11.3 Å². The lowest BCUT2D eigenvalue weighted by Crippen LogP contribution is -2.24. The molecule has 0 bridgehead atoms. The first-order valence-corrected chi connectivity index (χ1v) is 6.94. The summed E-state index contributed by atoms with van der Waals surface area (Å²) in [6.07, 6.45) is 2.26. The molecule has 1 aromatic rings. The molecule has 18 heavy (non-hydrogen) atoms. The second-order valence-corrected chi connectivity index (χ2v) is 4.90. The number of rotatable bonds is 9. The highest BCUT2D eigenvalue weighted by Crippen LogP contribution is 2.12. The third-order valence-electron chi connectivity index (χ3n) is 2.45. The standard InChI is InChI=1S/C13H19NO3S/c1-17-9-4-8-14-13(16)7-2-5-11(15)12-6-3-10-18-12/h3,6,10H,2,4-5,7-9H2,1H3,(H,14,16). The van der Waals surface area contributed by atoms with Crippen molar-refractivity contribution in [3.8, 4) is 0 Å². The molecule has 0 saturated carbocycles. The Morgan fingerprint density at radius 2 is 2.17 bits per heavy atom. The lowest BCUT2D eigenvalue weighted by atomic mass is 10.1. The summed E-state index contributed by atoms with van der Waals surface area (Å²) < 4.78 is 4.88. The van der Waals surface area contributed by atoms with Gasteiger partial charge >= 0.3 is 0 Å². The molecule has 5 heteroatoms. The van der Waals surface area contributed by atoms with Crippen LogP contribution in [0.3, 0.4) is 0 Å². The van der Waals surface area contributed by atoms with E-state index in [1.54, 1.807) is 7.11 Å². The number of methoxy groups -OCH3 is 1. The van der Waals surface area contributed by atoms with Gasteiger partial charge in [0.05, 0.1) is 4.88 Å². The van der Waals surface area contributed by atoms with Crippen LogP contribution >= 0.6 is 11.3 Å². The van der Waals surface area contributed by atoms with Crippen LogP contribution in [0.5, 0.6) is 0 Å². The number of hydrogen-bond acceptors (Lipinski definition) is 4. The summed E-state index contributed by atoms with van der Waals surface area (Å²) in [5.74, 6) is 0.127. The van der Waals surface area contributed by atoms with Gasteiger partial charge in [0.15, 0.2) is 5.78 Å². The van der Waals surface area contributed by atoms with Crippen molar-refractivity contribution < 1.29 is 14.3 Å². The first kappa shape index (κ1) is 14.9. The first-order chi connectivity index (χ1) is 8.74. The van der Waals surface area contributed by atoms with Crippen molar-refractivity contribution in [1.29, 1.82) is 0 Å². The second kappa shape index (κ2) is 8.83. The van der Waals surface area contributed by atoms with E-state index in [0.29, 0.717) is 32.4 Å². The minimum atomic E-state index is 0.00471. The summed E-state index contributed by atoms with van der Waals surface area (Å²) in [4.78, 5) is 23.8. The van der Waals surface area contributed by atoms with Gasteiger partial charge in [0.2, 0.25) is 5.91 Å². The van der Waals surface area contributed by atoms with Crippen molar-refractivity contribution in [1.82, 2.24) is 5.32 Å². The summed E-state index contributed by atoms with van der Waals surface area (Å²) >= 11 is 1.45. The summed E-state index contributed by atoms with van der Waals surface area (Å²) in [5, 5.41) is 4.68. The number of nitrogens with one attached hydrogen (secondary N) is 1. The highest BCUT2D eigenvalue weighted by molar-refractivity contribution is 7.12. The van der Waals surface area contributed by atoms with E-state index in [-0.39, 0.29) is 11.7 Å². The maximum atomic E-state index is 11.6. The van der Waals surface area contributed by atoms with Gasteiger partial charge in [0, 0.05) is 33.1 Å². The number of ether oxygens (including phenoxy) is 1. The normalized spacial score (nSPS) is 10.3. The molecule has 100 valence electrons. The van der Waals surface area contributed by atoms with Gasteiger partial charge in [-0.2, -0.15) is 0 Å². The smallest absolute Gasteiger partial charge is 0.220 e. The van der Waals surface area contributed by atoms with E-state index in [2.05, 4.69) is 5.32 Å². The zero-order valence-corrected chi connectivity index (χ0v) is 11.4. The van der Waals surface area contributed by atoms with Crippen LogP contribution < -0.4 is 5.32 Å². The molecule has 0 aliphatic heterocycles. The van der Waals surface area contributed by atoms with Crippen LogP contribution in [0, 0.1) is 0 Å². The summed E-state index contributed by atoms with van der Waals surface area (Å²) in [6, 6.07) is 3.68. The fraction of sp³-hybridized carbons (Fsp3) is 0.538. The molecular weight excluding hydrogens is 250 g/mol. The average molecular weight is 269 g/mol. The Labute approximate surface area is 111 Å². The Bertz CT molecular complexity index is 362. The molecule has 0 spiro atoms. The van der Waals surface area contributed by atoms with Gasteiger partial charge in [-0.05, 0) is 24.3 Å². The molecule has 0 fully saturated rings. The Hall–Kier alpha value is -1.20. The molecule has 1 aromatic heterocycles. The fourth-order valence-electron chi connectivity index (χ4n) is 1.50. The first-order valence-electron chi connectivity index (χ1n) is 6.06. The molecular formula is C13H19NO3S. The van der Waals surface area contributed by atoms with Crippen LogP contribution in [-0.2, 0) is 9.53 Å². The Kier molecular flexibility index (Phi) is 7.29. The molecule has 4 nitrogen and oxygen atoms in total. The Morgan fingerprint density at radius 1 is 1.33 bits per heavy atom. The van der Waals surface area contributed by atoms with Crippen molar-refractivity contribution in [2.24, 2.45) is 0 Å². The van der Waals surface area contributed by atoms with Gasteiger partial charge in [-0.3, -0.25) is 9.59 Å². The van der Waals surface area contributed by atoms with Crippen molar-refractivity contribution >= 4 is 23.0 Å². The summed E-state index contributed by atoms with van der Waals surface area (Å²) in [5.41, 5.74) is 0. The molecule has 0 atom stereocenters. The van der Waals surface area contributed by atoms with Crippen LogP contribution in [0.4, 0.5) is 0 Å². The largest absolute Gasteiger partial charge is 0.385 e. The van der Waals surface area contributed by atoms with E-state index < -0.39 is 0 Å². The number of thiophene rings is 1. The van der Waals surface area contributed by atoms with Gasteiger partial charge in [0.25, 0.3) is 0 Å². The van der Waals surface area contributed by atoms with E-state index in [9.17, 15) is 9.59 Å². The molecule has 0 radical (unpaired) electrons. The number of Topliss-reactive ketones (excluding diaryl/α,β-unsaturated/α-hetero) is 1. The fourth-order valence-corrected chi connectivity index (χ4v) is 2.20. The topological polar surface area (TPSA) is 55.4 Å². The van der Waals surface area contributed by atoms with E-state index in [1.807, 2.05) is 17.5 Å². The van der Waals surface area contributed by atoms with Crippen LogP contribution in [0.2, 0.25) is 0 Å². The highest BCUT2D eigenvalue weighted by atomic mass is 32.1. The number of ketones is 1. The molecule has 0 unspecified atom stereocenters. The lowest BCUT2D eigenvalue weighted by molar-refractivity contribution is -0.121. The molecule has 0 aliphatic rings. The zero-order valence-electron chi connectivity index (χ0n) is 10.6. The monoisotopic (exact) mass is 269 g/mol. The van der Waals surface area contributed by atoms with Crippen LogP contribution in [-0.4, -0.2) is 32.0 Å². The Balaban J connectivity index is 2.07. The van der Waals surface area contributed by atoms with E-state index in [4.69, 9.17) is 4.74 Å². The average Bonchev–Trinajstić information content (AvgIpc) is 2.88. The molecule has 1 amide bonds. The van der Waals surface area contributed by atoms with Crippen LogP contribution in [0.15, 0.2) is 17.5 Å². The quantitative estimate of drug-likeness (QED) is 0.552.